The highest BCUT2D eigenvalue weighted by molar-refractivity contribution is 5.57. The van der Waals surface area contributed by atoms with Gasteiger partial charge in [0.2, 0.25) is 0 Å². The van der Waals surface area contributed by atoms with E-state index in [2.05, 4.69) is 10.1 Å². The Morgan fingerprint density at radius 2 is 2.19 bits per heavy atom. The maximum Gasteiger partial charge on any atom is 0.258 e. The van der Waals surface area contributed by atoms with Gasteiger partial charge in [-0.25, -0.2) is 0 Å². The molecular formula is C11H12N2O3. The molecule has 0 unspecified atom stereocenters. The normalized spacial score (nSPS) is 10.6. The van der Waals surface area contributed by atoms with Crippen molar-refractivity contribution in [3.8, 4) is 17.2 Å². The fourth-order valence-corrected chi connectivity index (χ4v) is 1.32. The summed E-state index contributed by atoms with van der Waals surface area (Å²) in [6.07, 6.45) is 0.362. The summed E-state index contributed by atoms with van der Waals surface area (Å²) in [6.45, 7) is 1.79. The van der Waals surface area contributed by atoms with Gasteiger partial charge >= 0.3 is 0 Å². The predicted molar refractivity (Wildman–Crippen MR) is 56.9 cm³/mol. The standard InChI is InChI=1S/C11H12N2O3/c1-7-2-3-8(6-9(7)15)11-12-10(4-5-14)13-16-11/h2-3,6,14-15H,4-5H2,1H3. The molecule has 0 radical (unpaired) electrons. The Labute approximate surface area is 92.4 Å². The summed E-state index contributed by atoms with van der Waals surface area (Å²) < 4.78 is 5.01. The monoisotopic (exact) mass is 220 g/mol. The zero-order valence-electron chi connectivity index (χ0n) is 8.84. The molecule has 1 aromatic heterocycles. The van der Waals surface area contributed by atoms with Gasteiger partial charge in [-0.1, -0.05) is 11.2 Å². The molecule has 5 heteroatoms. The van der Waals surface area contributed by atoms with Crippen molar-refractivity contribution in [3.05, 3.63) is 29.6 Å². The number of hydrogen-bond acceptors (Lipinski definition) is 5. The molecule has 0 saturated carbocycles. The molecule has 0 spiro atoms. The lowest BCUT2D eigenvalue weighted by Gasteiger charge is -1.99. The number of phenolic OH excluding ortho intramolecular Hbond substituents is 1. The highest BCUT2D eigenvalue weighted by Crippen LogP contribution is 2.24. The third kappa shape index (κ3) is 2.04. The van der Waals surface area contributed by atoms with Crippen molar-refractivity contribution in [3.63, 3.8) is 0 Å². The van der Waals surface area contributed by atoms with E-state index in [1.807, 2.05) is 6.92 Å². The lowest BCUT2D eigenvalue weighted by molar-refractivity contribution is 0.293. The van der Waals surface area contributed by atoms with Crippen molar-refractivity contribution in [2.45, 2.75) is 13.3 Å². The number of nitrogens with zero attached hydrogens (tertiary/aromatic N) is 2. The number of phenols is 1. The number of rotatable bonds is 3. The molecule has 0 fully saturated rings. The van der Waals surface area contributed by atoms with Crippen LogP contribution in [0.2, 0.25) is 0 Å². The minimum Gasteiger partial charge on any atom is -0.508 e. The maximum absolute atomic E-state index is 9.54. The highest BCUT2D eigenvalue weighted by atomic mass is 16.5. The molecule has 2 N–H and O–H groups in total. The zero-order valence-corrected chi connectivity index (χ0v) is 8.84. The Morgan fingerprint density at radius 3 is 2.88 bits per heavy atom. The summed E-state index contributed by atoms with van der Waals surface area (Å²) in [5.74, 6) is 0.996. The van der Waals surface area contributed by atoms with Crippen LogP contribution in [0.15, 0.2) is 22.7 Å². The minimum absolute atomic E-state index is 0.0158. The van der Waals surface area contributed by atoms with E-state index in [1.54, 1.807) is 18.2 Å². The molecule has 1 aromatic carbocycles. The molecule has 0 atom stereocenters. The summed E-state index contributed by atoms with van der Waals surface area (Å²) in [7, 11) is 0. The molecule has 0 aliphatic heterocycles. The molecule has 84 valence electrons. The summed E-state index contributed by atoms with van der Waals surface area (Å²) in [5, 5.41) is 22.0. The number of aryl methyl sites for hydroxylation is 1. The Hall–Kier alpha value is -1.88. The number of aromatic nitrogens is 2. The van der Waals surface area contributed by atoms with Gasteiger partial charge in [-0.3, -0.25) is 0 Å². The van der Waals surface area contributed by atoms with Crippen molar-refractivity contribution < 1.29 is 14.7 Å². The van der Waals surface area contributed by atoms with Crippen LogP contribution in [0.5, 0.6) is 5.75 Å². The fraction of sp³-hybridized carbons (Fsp3) is 0.273. The van der Waals surface area contributed by atoms with Crippen LogP contribution < -0.4 is 0 Å². The quantitative estimate of drug-likeness (QED) is 0.814. The smallest absolute Gasteiger partial charge is 0.258 e. The van der Waals surface area contributed by atoms with E-state index in [9.17, 15) is 5.11 Å². The minimum atomic E-state index is -0.0158. The van der Waals surface area contributed by atoms with Crippen molar-refractivity contribution in [1.29, 1.82) is 0 Å². The van der Waals surface area contributed by atoms with Crippen LogP contribution in [0, 0.1) is 6.92 Å². The molecule has 1 heterocycles. The maximum atomic E-state index is 9.54. The van der Waals surface area contributed by atoms with Gasteiger partial charge in [0.25, 0.3) is 5.89 Å². The number of hydrogen-bond donors (Lipinski definition) is 2. The van der Waals surface area contributed by atoms with E-state index in [-0.39, 0.29) is 12.4 Å². The van der Waals surface area contributed by atoms with E-state index in [1.165, 1.54) is 0 Å². The first-order valence-electron chi connectivity index (χ1n) is 4.94. The summed E-state index contributed by atoms with van der Waals surface area (Å²) in [5.41, 5.74) is 1.46. The van der Waals surface area contributed by atoms with Crippen LogP contribution >= 0.6 is 0 Å². The zero-order chi connectivity index (χ0) is 11.5. The van der Waals surface area contributed by atoms with Crippen LogP contribution in [-0.2, 0) is 6.42 Å². The van der Waals surface area contributed by atoms with Crippen molar-refractivity contribution in [2.24, 2.45) is 0 Å². The summed E-state index contributed by atoms with van der Waals surface area (Å²) in [4.78, 5) is 4.09. The first-order valence-corrected chi connectivity index (χ1v) is 4.94. The van der Waals surface area contributed by atoms with E-state index < -0.39 is 0 Å². The van der Waals surface area contributed by atoms with Crippen LogP contribution in [0.25, 0.3) is 11.5 Å². The van der Waals surface area contributed by atoms with Gasteiger partial charge in [0.1, 0.15) is 5.75 Å². The van der Waals surface area contributed by atoms with Gasteiger partial charge in [-0.2, -0.15) is 4.98 Å². The topological polar surface area (TPSA) is 79.4 Å². The van der Waals surface area contributed by atoms with E-state index in [4.69, 9.17) is 9.63 Å². The lowest BCUT2D eigenvalue weighted by Crippen LogP contribution is -1.92. The predicted octanol–water partition coefficient (Wildman–Crippen LogP) is 1.29. The molecule has 0 aliphatic rings. The van der Waals surface area contributed by atoms with Crippen LogP contribution in [-0.4, -0.2) is 27.0 Å². The lowest BCUT2D eigenvalue weighted by atomic mass is 10.1. The van der Waals surface area contributed by atoms with Crippen LogP contribution in [0.3, 0.4) is 0 Å². The number of aliphatic hydroxyl groups excluding tert-OH is 1. The average molecular weight is 220 g/mol. The SMILES string of the molecule is Cc1ccc(-c2nc(CCO)no2)cc1O. The molecule has 0 bridgehead atoms. The Balaban J connectivity index is 2.31. The Bertz CT molecular complexity index is 494. The first-order chi connectivity index (χ1) is 7.70. The first kappa shape index (κ1) is 10.6. The third-order valence-corrected chi connectivity index (χ3v) is 2.26. The van der Waals surface area contributed by atoms with E-state index >= 15 is 0 Å². The fourth-order valence-electron chi connectivity index (χ4n) is 1.32. The van der Waals surface area contributed by atoms with Gasteiger partial charge < -0.3 is 14.7 Å². The second-order valence-corrected chi connectivity index (χ2v) is 3.49. The summed E-state index contributed by atoms with van der Waals surface area (Å²) >= 11 is 0. The number of aromatic hydroxyl groups is 1. The molecule has 0 amide bonds. The Kier molecular flexibility index (Phi) is 2.87. The molecule has 2 aromatic rings. The molecule has 0 aliphatic carbocycles. The number of benzene rings is 1. The largest absolute Gasteiger partial charge is 0.508 e. The summed E-state index contributed by atoms with van der Waals surface area (Å²) in [6, 6.07) is 5.15. The molecular weight excluding hydrogens is 208 g/mol. The van der Waals surface area contributed by atoms with Gasteiger partial charge in [-0.05, 0) is 24.6 Å². The number of aliphatic hydroxyl groups is 1. The van der Waals surface area contributed by atoms with Crippen molar-refractivity contribution in [1.82, 2.24) is 10.1 Å². The van der Waals surface area contributed by atoms with Crippen molar-refractivity contribution in [2.75, 3.05) is 6.61 Å². The molecule has 16 heavy (non-hydrogen) atoms. The average Bonchev–Trinajstić information content (AvgIpc) is 2.71. The third-order valence-electron chi connectivity index (χ3n) is 2.26. The van der Waals surface area contributed by atoms with Crippen molar-refractivity contribution >= 4 is 0 Å². The van der Waals surface area contributed by atoms with Crippen LogP contribution in [0.4, 0.5) is 0 Å². The second-order valence-electron chi connectivity index (χ2n) is 3.49. The van der Waals surface area contributed by atoms with Gasteiger partial charge in [0, 0.05) is 12.0 Å². The van der Waals surface area contributed by atoms with E-state index in [0.29, 0.717) is 23.7 Å². The van der Waals surface area contributed by atoms with Gasteiger partial charge in [0.15, 0.2) is 5.82 Å². The Morgan fingerprint density at radius 1 is 1.38 bits per heavy atom. The second kappa shape index (κ2) is 4.32. The molecule has 2 rings (SSSR count). The van der Waals surface area contributed by atoms with Gasteiger partial charge in [0.05, 0.1) is 6.61 Å². The van der Waals surface area contributed by atoms with E-state index in [0.717, 1.165) is 5.56 Å². The van der Waals surface area contributed by atoms with Crippen LogP contribution in [0.1, 0.15) is 11.4 Å². The molecule has 5 nitrogen and oxygen atoms in total. The molecule has 0 saturated heterocycles. The van der Waals surface area contributed by atoms with Gasteiger partial charge in [-0.15, -0.1) is 0 Å². The highest BCUT2D eigenvalue weighted by Gasteiger charge is 2.09.